The summed E-state index contributed by atoms with van der Waals surface area (Å²) in [4.78, 5) is 0. The largest absolute Gasteiger partial charge is 0.391 e. The van der Waals surface area contributed by atoms with Gasteiger partial charge in [0.25, 0.3) is 0 Å². The number of nitrogens with one attached hydrogen (secondary N) is 1. The molecule has 72 valence electrons. The summed E-state index contributed by atoms with van der Waals surface area (Å²) >= 11 is 5.55. The molecule has 1 heterocycles. The van der Waals surface area contributed by atoms with Gasteiger partial charge in [0, 0.05) is 6.54 Å². The lowest BCUT2D eigenvalue weighted by atomic mass is 10.3. The molecule has 0 amide bonds. The van der Waals surface area contributed by atoms with E-state index in [0.717, 1.165) is 0 Å². The number of aliphatic hydroxyl groups is 1. The minimum atomic E-state index is -0.350. The van der Waals surface area contributed by atoms with Crippen LogP contribution in [0.4, 0.5) is 5.82 Å². The third kappa shape index (κ3) is 3.57. The molecule has 0 radical (unpaired) electrons. The van der Waals surface area contributed by atoms with Gasteiger partial charge in [0.1, 0.15) is 5.82 Å². The molecule has 0 saturated carbocycles. The topological polar surface area (TPSA) is 58.0 Å². The fraction of sp³-hybridized carbons (Fsp3) is 0.500. The van der Waals surface area contributed by atoms with Crippen molar-refractivity contribution in [2.24, 2.45) is 0 Å². The number of aromatic nitrogens is 2. The molecule has 1 rings (SSSR count). The van der Waals surface area contributed by atoms with E-state index in [9.17, 15) is 5.11 Å². The second kappa shape index (κ2) is 4.99. The smallest absolute Gasteiger partial charge is 0.151 e. The lowest BCUT2D eigenvalue weighted by Gasteiger charge is -2.08. The molecule has 0 saturated heterocycles. The first-order valence-corrected chi connectivity index (χ1v) is 4.51. The molecule has 0 aromatic carbocycles. The highest BCUT2D eigenvalue weighted by Gasteiger charge is 2.00. The molecule has 1 aromatic rings. The van der Waals surface area contributed by atoms with Crippen molar-refractivity contribution in [3.63, 3.8) is 0 Å². The molecule has 1 aromatic heterocycles. The maximum atomic E-state index is 9.24. The van der Waals surface area contributed by atoms with E-state index in [-0.39, 0.29) is 6.10 Å². The van der Waals surface area contributed by atoms with Gasteiger partial charge in [-0.1, -0.05) is 18.5 Å². The Morgan fingerprint density at radius 1 is 1.54 bits per heavy atom. The summed E-state index contributed by atoms with van der Waals surface area (Å²) in [5, 5.41) is 20.0. The van der Waals surface area contributed by atoms with Crippen molar-refractivity contribution in [1.82, 2.24) is 10.2 Å². The summed E-state index contributed by atoms with van der Waals surface area (Å²) in [5.41, 5.74) is 0. The number of rotatable bonds is 4. The van der Waals surface area contributed by atoms with Gasteiger partial charge in [0.05, 0.1) is 6.10 Å². The van der Waals surface area contributed by atoms with Gasteiger partial charge in [0.15, 0.2) is 5.15 Å². The predicted octanol–water partition coefficient (Wildman–Crippen LogP) is 1.31. The summed E-state index contributed by atoms with van der Waals surface area (Å²) in [6, 6.07) is 3.37. The van der Waals surface area contributed by atoms with Gasteiger partial charge in [-0.25, -0.2) is 0 Å². The Morgan fingerprint density at radius 3 is 2.85 bits per heavy atom. The maximum Gasteiger partial charge on any atom is 0.151 e. The van der Waals surface area contributed by atoms with Crippen molar-refractivity contribution in [3.8, 4) is 0 Å². The fourth-order valence-corrected chi connectivity index (χ4v) is 0.878. The zero-order valence-electron chi connectivity index (χ0n) is 7.37. The first-order chi connectivity index (χ1) is 6.22. The Hall–Kier alpha value is -0.870. The van der Waals surface area contributed by atoms with E-state index in [2.05, 4.69) is 15.5 Å². The van der Waals surface area contributed by atoms with Crippen LogP contribution >= 0.6 is 11.6 Å². The molecule has 4 nitrogen and oxygen atoms in total. The molecule has 0 aliphatic heterocycles. The van der Waals surface area contributed by atoms with Crippen molar-refractivity contribution < 1.29 is 5.11 Å². The first-order valence-electron chi connectivity index (χ1n) is 4.13. The van der Waals surface area contributed by atoms with Crippen molar-refractivity contribution in [2.75, 3.05) is 11.9 Å². The quantitative estimate of drug-likeness (QED) is 0.772. The highest BCUT2D eigenvalue weighted by molar-refractivity contribution is 6.29. The van der Waals surface area contributed by atoms with Crippen molar-refractivity contribution in [1.29, 1.82) is 0 Å². The molecule has 0 aliphatic carbocycles. The van der Waals surface area contributed by atoms with Crippen molar-refractivity contribution >= 4 is 17.4 Å². The molecule has 5 heteroatoms. The molecule has 0 fully saturated rings. The van der Waals surface area contributed by atoms with Crippen LogP contribution in [0, 0.1) is 0 Å². The van der Waals surface area contributed by atoms with Crippen LogP contribution < -0.4 is 5.32 Å². The van der Waals surface area contributed by atoms with E-state index in [1.54, 1.807) is 12.1 Å². The minimum Gasteiger partial charge on any atom is -0.391 e. The van der Waals surface area contributed by atoms with Gasteiger partial charge in [-0.3, -0.25) is 0 Å². The Bertz CT molecular complexity index is 252. The van der Waals surface area contributed by atoms with E-state index in [0.29, 0.717) is 23.9 Å². The van der Waals surface area contributed by atoms with Crippen LogP contribution in [0.5, 0.6) is 0 Å². The molecule has 0 aliphatic rings. The fourth-order valence-electron chi connectivity index (χ4n) is 0.777. The van der Waals surface area contributed by atoms with Gasteiger partial charge in [-0.05, 0) is 18.6 Å². The van der Waals surface area contributed by atoms with Crippen LogP contribution in [-0.4, -0.2) is 28.0 Å². The van der Waals surface area contributed by atoms with Crippen LogP contribution in [0.3, 0.4) is 0 Å². The first kappa shape index (κ1) is 10.2. The summed E-state index contributed by atoms with van der Waals surface area (Å²) in [6.45, 7) is 2.40. The summed E-state index contributed by atoms with van der Waals surface area (Å²) < 4.78 is 0. The number of hydrogen-bond donors (Lipinski definition) is 2. The number of hydrogen-bond acceptors (Lipinski definition) is 4. The third-order valence-corrected chi connectivity index (χ3v) is 1.82. The Morgan fingerprint density at radius 2 is 2.31 bits per heavy atom. The number of aliphatic hydroxyl groups excluding tert-OH is 1. The summed E-state index contributed by atoms with van der Waals surface area (Å²) in [6.07, 6.45) is 0.367. The average Bonchev–Trinajstić information content (AvgIpc) is 2.16. The zero-order chi connectivity index (χ0) is 9.68. The second-order valence-corrected chi connectivity index (χ2v) is 3.07. The minimum absolute atomic E-state index is 0.350. The van der Waals surface area contributed by atoms with Gasteiger partial charge in [-0.15, -0.1) is 10.2 Å². The monoisotopic (exact) mass is 201 g/mol. The van der Waals surface area contributed by atoms with Crippen LogP contribution in [0.15, 0.2) is 12.1 Å². The molecule has 1 unspecified atom stereocenters. The molecule has 0 spiro atoms. The average molecular weight is 202 g/mol. The lowest BCUT2D eigenvalue weighted by Crippen LogP contribution is -2.18. The molecular formula is C8H12ClN3O. The second-order valence-electron chi connectivity index (χ2n) is 2.68. The van der Waals surface area contributed by atoms with Gasteiger partial charge in [0.2, 0.25) is 0 Å². The highest BCUT2D eigenvalue weighted by Crippen LogP contribution is 2.05. The van der Waals surface area contributed by atoms with Crippen molar-refractivity contribution in [3.05, 3.63) is 17.3 Å². The predicted molar refractivity (Wildman–Crippen MR) is 51.8 cm³/mol. The molecule has 2 N–H and O–H groups in total. The Balaban J connectivity index is 2.41. The van der Waals surface area contributed by atoms with E-state index in [4.69, 9.17) is 11.6 Å². The van der Waals surface area contributed by atoms with Crippen molar-refractivity contribution in [2.45, 2.75) is 19.4 Å². The Kier molecular flexibility index (Phi) is 3.92. The molecule has 1 atom stereocenters. The standard InChI is InChI=1S/C8H12ClN3O/c1-2-6(13)5-10-8-4-3-7(9)11-12-8/h3-4,6,13H,2,5H2,1H3,(H,10,12). The maximum absolute atomic E-state index is 9.24. The number of anilines is 1. The summed E-state index contributed by atoms with van der Waals surface area (Å²) in [5.74, 6) is 0.622. The van der Waals surface area contributed by atoms with Gasteiger partial charge in [-0.2, -0.15) is 0 Å². The highest BCUT2D eigenvalue weighted by atomic mass is 35.5. The van der Waals surface area contributed by atoms with Crippen LogP contribution in [0.2, 0.25) is 5.15 Å². The van der Waals surface area contributed by atoms with Gasteiger partial charge < -0.3 is 10.4 Å². The normalized spacial score (nSPS) is 12.5. The number of nitrogens with zero attached hydrogens (tertiary/aromatic N) is 2. The van der Waals surface area contributed by atoms with Crippen LogP contribution in [-0.2, 0) is 0 Å². The lowest BCUT2D eigenvalue weighted by molar-refractivity contribution is 0.183. The molecular weight excluding hydrogens is 190 g/mol. The number of halogens is 1. The third-order valence-electron chi connectivity index (χ3n) is 1.62. The van der Waals surface area contributed by atoms with E-state index < -0.39 is 0 Å². The zero-order valence-corrected chi connectivity index (χ0v) is 8.12. The van der Waals surface area contributed by atoms with E-state index in [1.165, 1.54) is 0 Å². The Labute approximate surface area is 81.9 Å². The molecule has 0 bridgehead atoms. The van der Waals surface area contributed by atoms with E-state index >= 15 is 0 Å². The molecule has 13 heavy (non-hydrogen) atoms. The summed E-state index contributed by atoms with van der Waals surface area (Å²) in [7, 11) is 0. The SMILES string of the molecule is CCC(O)CNc1ccc(Cl)nn1. The van der Waals surface area contributed by atoms with Gasteiger partial charge >= 0.3 is 0 Å². The van der Waals surface area contributed by atoms with Crippen LogP contribution in [0.1, 0.15) is 13.3 Å². The van der Waals surface area contributed by atoms with Crippen LogP contribution in [0.25, 0.3) is 0 Å². The van der Waals surface area contributed by atoms with E-state index in [1.807, 2.05) is 6.92 Å².